The molecule has 1 aliphatic heterocycles. The fraction of sp³-hybridized carbons (Fsp3) is 0.474. The number of allylic oxidation sites excluding steroid dienone is 1. The van der Waals surface area contributed by atoms with Crippen molar-refractivity contribution in [1.82, 2.24) is 4.98 Å². The van der Waals surface area contributed by atoms with E-state index in [1.807, 2.05) is 32.9 Å². The van der Waals surface area contributed by atoms with Gasteiger partial charge in [0.15, 0.2) is 0 Å². The standard InChI is InChI=1S/C19H23N3O2/c1-6-9-15-17(19(23)24-7-2)16(18(20-5)13(4)22-15)14-10-8-11-21-12(14)3/h8,10-11,16,18H,6-7,9H2,1-4H3. The maximum absolute atomic E-state index is 12.7. The fourth-order valence-electron chi connectivity index (χ4n) is 3.12. The molecule has 126 valence electrons. The second-order valence-corrected chi connectivity index (χ2v) is 5.81. The Bertz CT molecular complexity index is 728. The van der Waals surface area contributed by atoms with Crippen LogP contribution in [0.4, 0.5) is 0 Å². The van der Waals surface area contributed by atoms with Crippen LogP contribution in [0.2, 0.25) is 0 Å². The van der Waals surface area contributed by atoms with Gasteiger partial charge in [-0.25, -0.2) is 11.4 Å². The molecule has 0 aromatic carbocycles. The second kappa shape index (κ2) is 7.87. The third-order valence-corrected chi connectivity index (χ3v) is 4.18. The maximum atomic E-state index is 12.7. The average Bonchev–Trinajstić information content (AvgIpc) is 2.55. The first-order valence-corrected chi connectivity index (χ1v) is 8.28. The van der Waals surface area contributed by atoms with E-state index >= 15 is 0 Å². The molecule has 0 bridgehead atoms. The summed E-state index contributed by atoms with van der Waals surface area (Å²) < 4.78 is 5.29. The quantitative estimate of drug-likeness (QED) is 0.610. The van der Waals surface area contributed by atoms with Gasteiger partial charge in [-0.2, -0.15) is 0 Å². The third kappa shape index (κ3) is 3.38. The zero-order valence-electron chi connectivity index (χ0n) is 14.7. The van der Waals surface area contributed by atoms with Gasteiger partial charge in [0.1, 0.15) is 5.92 Å². The number of hydrogen-bond acceptors (Lipinski definition) is 4. The summed E-state index contributed by atoms with van der Waals surface area (Å²) in [5.41, 5.74) is 3.71. The lowest BCUT2D eigenvalue weighted by atomic mass is 9.79. The number of aromatic nitrogens is 1. The monoisotopic (exact) mass is 325 g/mol. The largest absolute Gasteiger partial charge is 0.463 e. The molecule has 2 atom stereocenters. The Balaban J connectivity index is 2.69. The number of esters is 1. The zero-order chi connectivity index (χ0) is 17.7. The van der Waals surface area contributed by atoms with Gasteiger partial charge in [0.25, 0.3) is 6.04 Å². The molecule has 0 N–H and O–H groups in total. The van der Waals surface area contributed by atoms with Gasteiger partial charge in [0.2, 0.25) is 0 Å². The highest BCUT2D eigenvalue weighted by Crippen LogP contribution is 2.39. The smallest absolute Gasteiger partial charge is 0.336 e. The van der Waals surface area contributed by atoms with E-state index in [0.29, 0.717) is 18.6 Å². The van der Waals surface area contributed by atoms with Gasteiger partial charge in [-0.3, -0.25) is 9.98 Å². The molecular formula is C19H23N3O2. The van der Waals surface area contributed by atoms with Crippen molar-refractivity contribution in [2.45, 2.75) is 52.5 Å². The highest BCUT2D eigenvalue weighted by molar-refractivity contribution is 6.00. The second-order valence-electron chi connectivity index (χ2n) is 5.81. The van der Waals surface area contributed by atoms with E-state index in [1.54, 1.807) is 13.1 Å². The first kappa shape index (κ1) is 17.9. The van der Waals surface area contributed by atoms with Gasteiger partial charge in [0.05, 0.1) is 23.6 Å². The summed E-state index contributed by atoms with van der Waals surface area (Å²) in [6.45, 7) is 15.5. The number of ether oxygens (including phenoxy) is 1. The first-order valence-electron chi connectivity index (χ1n) is 8.28. The Kier molecular flexibility index (Phi) is 5.86. The van der Waals surface area contributed by atoms with E-state index in [9.17, 15) is 4.79 Å². The Morgan fingerprint density at radius 3 is 2.71 bits per heavy atom. The van der Waals surface area contributed by atoms with E-state index in [2.05, 4.69) is 14.8 Å². The molecule has 2 heterocycles. The highest BCUT2D eigenvalue weighted by Gasteiger charge is 2.43. The van der Waals surface area contributed by atoms with Crippen LogP contribution in [-0.2, 0) is 9.53 Å². The number of aliphatic imine (C=N–C) groups is 1. The van der Waals surface area contributed by atoms with E-state index in [0.717, 1.165) is 29.1 Å². The van der Waals surface area contributed by atoms with E-state index in [4.69, 9.17) is 11.3 Å². The maximum Gasteiger partial charge on any atom is 0.336 e. The van der Waals surface area contributed by atoms with Crippen LogP contribution >= 0.6 is 0 Å². The molecule has 1 aromatic rings. The summed E-state index contributed by atoms with van der Waals surface area (Å²) in [5, 5.41) is 0. The van der Waals surface area contributed by atoms with Crippen molar-refractivity contribution in [3.63, 3.8) is 0 Å². The molecular weight excluding hydrogens is 302 g/mol. The Hall–Kier alpha value is -2.48. The average molecular weight is 325 g/mol. The molecule has 0 spiro atoms. The van der Waals surface area contributed by atoms with Crippen molar-refractivity contribution in [2.75, 3.05) is 6.61 Å². The molecule has 5 nitrogen and oxygen atoms in total. The van der Waals surface area contributed by atoms with Gasteiger partial charge in [-0.15, -0.1) is 0 Å². The van der Waals surface area contributed by atoms with Crippen molar-refractivity contribution in [1.29, 1.82) is 0 Å². The lowest BCUT2D eigenvalue weighted by molar-refractivity contribution is -0.139. The van der Waals surface area contributed by atoms with Gasteiger partial charge in [0, 0.05) is 11.9 Å². The Morgan fingerprint density at radius 2 is 2.12 bits per heavy atom. The van der Waals surface area contributed by atoms with Gasteiger partial charge >= 0.3 is 5.97 Å². The number of carbonyl (C=O) groups is 1. The first-order chi connectivity index (χ1) is 11.5. The number of rotatable bonds is 5. The van der Waals surface area contributed by atoms with Crippen LogP contribution in [0.1, 0.15) is 50.8 Å². The summed E-state index contributed by atoms with van der Waals surface area (Å²) in [6, 6.07) is 3.27. The van der Waals surface area contributed by atoms with Crippen LogP contribution in [0.3, 0.4) is 0 Å². The van der Waals surface area contributed by atoms with Crippen LogP contribution in [0, 0.1) is 13.5 Å². The number of aryl methyl sites for hydroxylation is 1. The van der Waals surface area contributed by atoms with Crippen LogP contribution in [0.15, 0.2) is 34.6 Å². The fourth-order valence-corrected chi connectivity index (χ4v) is 3.12. The van der Waals surface area contributed by atoms with Crippen LogP contribution in [-0.4, -0.2) is 29.3 Å². The van der Waals surface area contributed by atoms with Crippen molar-refractivity contribution in [3.05, 3.63) is 52.3 Å². The van der Waals surface area contributed by atoms with Crippen LogP contribution < -0.4 is 0 Å². The molecule has 0 saturated carbocycles. The van der Waals surface area contributed by atoms with Crippen molar-refractivity contribution < 1.29 is 9.53 Å². The Morgan fingerprint density at radius 1 is 1.38 bits per heavy atom. The van der Waals surface area contributed by atoms with Gasteiger partial charge in [-0.05, 0) is 38.8 Å². The number of carbonyl (C=O) groups excluding carboxylic acids is 1. The molecule has 1 aliphatic rings. The van der Waals surface area contributed by atoms with Crippen molar-refractivity contribution >= 4 is 11.7 Å². The normalized spacial score (nSPS) is 20.4. The van der Waals surface area contributed by atoms with Crippen LogP contribution in [0.5, 0.6) is 0 Å². The minimum Gasteiger partial charge on any atom is -0.463 e. The molecule has 0 saturated heterocycles. The SMILES string of the molecule is [C-]#[N+]C1C(C)=NC(CCC)=C(C(=O)OCC)C1c1cccnc1C. The lowest BCUT2D eigenvalue weighted by Crippen LogP contribution is -2.33. The van der Waals surface area contributed by atoms with E-state index in [-0.39, 0.29) is 11.9 Å². The molecule has 1 aromatic heterocycles. The van der Waals surface area contributed by atoms with Crippen LogP contribution in [0.25, 0.3) is 4.85 Å². The molecule has 0 fully saturated rings. The molecule has 0 aliphatic carbocycles. The molecule has 0 amide bonds. The summed E-state index contributed by atoms with van der Waals surface area (Å²) in [7, 11) is 0. The summed E-state index contributed by atoms with van der Waals surface area (Å²) in [6.07, 6.45) is 3.28. The lowest BCUT2D eigenvalue weighted by Gasteiger charge is -2.27. The van der Waals surface area contributed by atoms with Gasteiger partial charge < -0.3 is 9.58 Å². The number of hydrogen-bond donors (Lipinski definition) is 0. The summed E-state index contributed by atoms with van der Waals surface area (Å²) >= 11 is 0. The molecule has 2 rings (SSSR count). The summed E-state index contributed by atoms with van der Waals surface area (Å²) in [5.74, 6) is -0.756. The number of nitrogens with zero attached hydrogens (tertiary/aromatic N) is 3. The van der Waals surface area contributed by atoms with Crippen molar-refractivity contribution in [2.24, 2.45) is 4.99 Å². The third-order valence-electron chi connectivity index (χ3n) is 4.18. The molecule has 24 heavy (non-hydrogen) atoms. The zero-order valence-corrected chi connectivity index (χ0v) is 14.7. The Labute approximate surface area is 143 Å². The minimum absolute atomic E-state index is 0.297. The van der Waals surface area contributed by atoms with E-state index in [1.165, 1.54) is 0 Å². The minimum atomic E-state index is -0.507. The molecule has 5 heteroatoms. The number of pyridine rings is 1. The topological polar surface area (TPSA) is 55.9 Å². The predicted octanol–water partition coefficient (Wildman–Crippen LogP) is 3.85. The predicted molar refractivity (Wildman–Crippen MR) is 93.8 cm³/mol. The summed E-state index contributed by atoms with van der Waals surface area (Å²) in [4.78, 5) is 25.4. The molecule has 2 unspecified atom stereocenters. The highest BCUT2D eigenvalue weighted by atomic mass is 16.5. The molecule has 0 radical (unpaired) electrons. The van der Waals surface area contributed by atoms with Crippen molar-refractivity contribution in [3.8, 4) is 0 Å². The van der Waals surface area contributed by atoms with E-state index < -0.39 is 6.04 Å². The van der Waals surface area contributed by atoms with Gasteiger partial charge in [-0.1, -0.05) is 19.4 Å².